The second-order valence-corrected chi connectivity index (χ2v) is 9.16. The van der Waals surface area contributed by atoms with E-state index in [0.29, 0.717) is 12.8 Å². The van der Waals surface area contributed by atoms with Gasteiger partial charge in [0.25, 0.3) is 10.0 Å². The molecule has 0 aromatic carbocycles. The Balaban J connectivity index is 2.24. The molecule has 1 aliphatic rings. The van der Waals surface area contributed by atoms with Crippen LogP contribution in [0.5, 0.6) is 0 Å². The maximum Gasteiger partial charge on any atom is 0.312 e. The summed E-state index contributed by atoms with van der Waals surface area (Å²) in [4.78, 5) is 12.5. The van der Waals surface area contributed by atoms with Crippen molar-refractivity contribution in [3.05, 3.63) is 17.0 Å². The summed E-state index contributed by atoms with van der Waals surface area (Å²) in [5, 5.41) is 19.8. The zero-order chi connectivity index (χ0) is 16.5. The van der Waals surface area contributed by atoms with Crippen molar-refractivity contribution in [2.45, 2.75) is 43.4 Å². The molecule has 2 N–H and O–H groups in total. The Kier molecular flexibility index (Phi) is 4.96. The molecule has 6 nitrogen and oxygen atoms in total. The number of aliphatic hydroxyl groups is 1. The van der Waals surface area contributed by atoms with E-state index in [9.17, 15) is 23.4 Å². The van der Waals surface area contributed by atoms with Crippen molar-refractivity contribution in [1.82, 2.24) is 4.31 Å². The largest absolute Gasteiger partial charge is 0.481 e. The number of carboxylic acids is 1. The monoisotopic (exact) mass is 347 g/mol. The van der Waals surface area contributed by atoms with Gasteiger partial charge in [-0.3, -0.25) is 4.79 Å². The zero-order valence-corrected chi connectivity index (χ0v) is 14.3. The predicted octanol–water partition coefficient (Wildman–Crippen LogP) is 1.68. The van der Waals surface area contributed by atoms with Crippen molar-refractivity contribution in [3.63, 3.8) is 0 Å². The summed E-state index contributed by atoms with van der Waals surface area (Å²) in [7, 11) is -3.67. The maximum atomic E-state index is 12.6. The summed E-state index contributed by atoms with van der Waals surface area (Å²) in [6, 6.07) is 3.28. The molecule has 0 unspecified atom stereocenters. The van der Waals surface area contributed by atoms with Crippen LogP contribution >= 0.6 is 11.3 Å². The normalized spacial score (nSPS) is 27.0. The summed E-state index contributed by atoms with van der Waals surface area (Å²) in [5.41, 5.74) is -1.24. The van der Waals surface area contributed by atoms with Crippen molar-refractivity contribution >= 4 is 27.3 Å². The number of rotatable bonds is 5. The quantitative estimate of drug-likeness (QED) is 0.845. The van der Waals surface area contributed by atoms with Gasteiger partial charge < -0.3 is 10.2 Å². The standard InChI is InChI=1S/C14H21NO5S2/c1-3-6-14(13(17)18)7-8-15(9-11(14)16)22(19,20)12-5-4-10(2)21-12/h4-5,11,16H,3,6-9H2,1-2H3,(H,17,18)/t11-,14+/m1/s1. The lowest BCUT2D eigenvalue weighted by molar-refractivity contribution is -0.162. The van der Waals surface area contributed by atoms with Crippen molar-refractivity contribution in [2.24, 2.45) is 5.41 Å². The van der Waals surface area contributed by atoms with Crippen LogP contribution in [0.4, 0.5) is 0 Å². The summed E-state index contributed by atoms with van der Waals surface area (Å²) < 4.78 is 26.6. The molecule has 22 heavy (non-hydrogen) atoms. The third-order valence-corrected chi connectivity index (χ3v) is 7.59. The number of nitrogens with zero attached hydrogens (tertiary/aromatic N) is 1. The number of hydrogen-bond donors (Lipinski definition) is 2. The minimum absolute atomic E-state index is 0.114. The number of β-amino-alcohol motifs (C(OH)–C–C–N with tert-alkyl or cyclic N) is 1. The minimum atomic E-state index is -3.67. The summed E-state index contributed by atoms with van der Waals surface area (Å²) in [6.07, 6.45) is -0.106. The van der Waals surface area contributed by atoms with E-state index in [0.717, 1.165) is 4.88 Å². The van der Waals surface area contributed by atoms with Gasteiger partial charge in [-0.05, 0) is 31.9 Å². The first kappa shape index (κ1) is 17.4. The highest BCUT2D eigenvalue weighted by atomic mass is 32.2. The average molecular weight is 347 g/mol. The SMILES string of the molecule is CCC[C@]1(C(=O)O)CCN(S(=O)(=O)c2ccc(C)s2)C[C@H]1O. The van der Waals surface area contributed by atoms with Crippen LogP contribution in [0.2, 0.25) is 0 Å². The lowest BCUT2D eigenvalue weighted by Gasteiger charge is -2.41. The molecule has 1 aliphatic heterocycles. The van der Waals surface area contributed by atoms with Crippen LogP contribution in [-0.4, -0.2) is 48.1 Å². The Morgan fingerprint density at radius 3 is 2.64 bits per heavy atom. The maximum absolute atomic E-state index is 12.6. The first-order valence-corrected chi connectivity index (χ1v) is 9.48. The van der Waals surface area contributed by atoms with Gasteiger partial charge in [-0.25, -0.2) is 8.42 Å². The zero-order valence-electron chi connectivity index (χ0n) is 12.7. The van der Waals surface area contributed by atoms with E-state index in [1.165, 1.54) is 15.6 Å². The molecule has 1 saturated heterocycles. The van der Waals surface area contributed by atoms with Crippen LogP contribution in [0, 0.1) is 12.3 Å². The number of carbonyl (C=O) groups is 1. The average Bonchev–Trinajstić information content (AvgIpc) is 2.88. The van der Waals surface area contributed by atoms with Crippen LogP contribution in [0.1, 0.15) is 31.1 Å². The number of hydrogen-bond acceptors (Lipinski definition) is 5. The minimum Gasteiger partial charge on any atom is -0.481 e. The molecule has 1 aromatic rings. The second-order valence-electron chi connectivity index (χ2n) is 5.71. The number of sulfonamides is 1. The molecular weight excluding hydrogens is 326 g/mol. The molecule has 0 saturated carbocycles. The number of aliphatic carboxylic acids is 1. The molecule has 0 radical (unpaired) electrons. The molecule has 2 rings (SSSR count). The van der Waals surface area contributed by atoms with Gasteiger partial charge in [0.15, 0.2) is 0 Å². The highest BCUT2D eigenvalue weighted by molar-refractivity contribution is 7.91. The molecule has 0 spiro atoms. The van der Waals surface area contributed by atoms with Gasteiger partial charge >= 0.3 is 5.97 Å². The third kappa shape index (κ3) is 2.92. The first-order chi connectivity index (χ1) is 10.2. The van der Waals surface area contributed by atoms with Crippen LogP contribution in [0.25, 0.3) is 0 Å². The smallest absolute Gasteiger partial charge is 0.312 e. The van der Waals surface area contributed by atoms with E-state index in [4.69, 9.17) is 0 Å². The molecule has 2 atom stereocenters. The van der Waals surface area contributed by atoms with E-state index >= 15 is 0 Å². The van der Waals surface area contributed by atoms with Gasteiger partial charge in [0, 0.05) is 18.0 Å². The van der Waals surface area contributed by atoms with Crippen LogP contribution < -0.4 is 0 Å². The molecule has 1 aromatic heterocycles. The van der Waals surface area contributed by atoms with Gasteiger partial charge in [-0.15, -0.1) is 11.3 Å². The Bertz CT molecular complexity index is 654. The van der Waals surface area contributed by atoms with E-state index < -0.39 is 27.5 Å². The highest BCUT2D eigenvalue weighted by Crippen LogP contribution is 2.39. The van der Waals surface area contributed by atoms with Gasteiger partial charge in [-0.2, -0.15) is 4.31 Å². The van der Waals surface area contributed by atoms with Gasteiger partial charge in [-0.1, -0.05) is 13.3 Å². The van der Waals surface area contributed by atoms with E-state index in [2.05, 4.69) is 0 Å². The molecule has 124 valence electrons. The van der Waals surface area contributed by atoms with Crippen molar-refractivity contribution in [1.29, 1.82) is 0 Å². The number of aliphatic hydroxyl groups excluding tert-OH is 1. The Labute approximate surface area is 134 Å². The van der Waals surface area contributed by atoms with Crippen molar-refractivity contribution in [3.8, 4) is 0 Å². The third-order valence-electron chi connectivity index (χ3n) is 4.25. The molecule has 0 bridgehead atoms. The molecule has 2 heterocycles. The summed E-state index contributed by atoms with van der Waals surface area (Å²) >= 11 is 1.18. The fourth-order valence-electron chi connectivity index (χ4n) is 2.94. The number of piperidine rings is 1. The summed E-state index contributed by atoms with van der Waals surface area (Å²) in [6.45, 7) is 3.62. The molecule has 0 amide bonds. The van der Waals surface area contributed by atoms with Crippen LogP contribution in [0.15, 0.2) is 16.3 Å². The second kappa shape index (κ2) is 6.27. The Morgan fingerprint density at radius 1 is 1.50 bits per heavy atom. The molecular formula is C14H21NO5S2. The van der Waals surface area contributed by atoms with Gasteiger partial charge in [0.1, 0.15) is 4.21 Å². The van der Waals surface area contributed by atoms with E-state index in [1.54, 1.807) is 12.1 Å². The van der Waals surface area contributed by atoms with Gasteiger partial charge in [0.05, 0.1) is 11.5 Å². The van der Waals surface area contributed by atoms with Crippen molar-refractivity contribution < 1.29 is 23.4 Å². The fraction of sp³-hybridized carbons (Fsp3) is 0.643. The molecule has 1 fully saturated rings. The molecule has 0 aliphatic carbocycles. The predicted molar refractivity (Wildman–Crippen MR) is 83.4 cm³/mol. The van der Waals surface area contributed by atoms with Gasteiger partial charge in [0.2, 0.25) is 0 Å². The van der Waals surface area contributed by atoms with E-state index in [-0.39, 0.29) is 23.7 Å². The van der Waals surface area contributed by atoms with Crippen LogP contribution in [-0.2, 0) is 14.8 Å². The summed E-state index contributed by atoms with van der Waals surface area (Å²) in [5.74, 6) is -1.05. The van der Waals surface area contributed by atoms with Crippen LogP contribution in [0.3, 0.4) is 0 Å². The Hall–Kier alpha value is -0.960. The molecule has 8 heteroatoms. The fourth-order valence-corrected chi connectivity index (χ4v) is 5.83. The lowest BCUT2D eigenvalue weighted by Crippen LogP contribution is -2.55. The number of aryl methyl sites for hydroxylation is 1. The first-order valence-electron chi connectivity index (χ1n) is 7.22. The Morgan fingerprint density at radius 2 is 2.18 bits per heavy atom. The van der Waals surface area contributed by atoms with Crippen molar-refractivity contribution in [2.75, 3.05) is 13.1 Å². The number of carboxylic acid groups (broad SMARTS) is 1. The highest BCUT2D eigenvalue weighted by Gasteiger charge is 2.50. The van der Waals surface area contributed by atoms with E-state index in [1.807, 2.05) is 13.8 Å². The number of thiophene rings is 1. The topological polar surface area (TPSA) is 94.9 Å². The lowest BCUT2D eigenvalue weighted by atomic mass is 9.73.